The first-order chi connectivity index (χ1) is 10.1. The minimum Gasteiger partial charge on any atom is 1.00 e. The molecule has 0 aromatic carbocycles. The van der Waals surface area contributed by atoms with E-state index in [0.29, 0.717) is 0 Å². The maximum atomic E-state index is 13.4. The van der Waals surface area contributed by atoms with Crippen LogP contribution in [0.3, 0.4) is 0 Å². The first kappa shape index (κ1) is 28.0. The molecule has 20 heteroatoms. The smallest absolute Gasteiger partial charge is 1.00 e. The number of hydrogen-bond acceptors (Lipinski definition) is 0. The molecule has 26 heavy (non-hydrogen) atoms. The molecule has 0 radical (unpaired) electrons. The molecule has 0 saturated carbocycles. The van der Waals surface area contributed by atoms with Crippen LogP contribution in [0.2, 0.25) is 0 Å². The molecule has 0 heterocycles. The maximum Gasteiger partial charge on any atom is 1.00 e. The summed E-state index contributed by atoms with van der Waals surface area (Å²) in [7, 11) is 0. The quantitative estimate of drug-likeness (QED) is 0.343. The second-order valence-corrected chi connectivity index (χ2v) is 8.67. The van der Waals surface area contributed by atoms with Crippen LogP contribution in [-0.4, -0.2) is 35.5 Å². The molecule has 0 aliphatic heterocycles. The van der Waals surface area contributed by atoms with Crippen molar-refractivity contribution in [2.45, 2.75) is 35.5 Å². The Hall–Kier alpha value is -0.233. The molecule has 0 fully saturated rings. The fraction of sp³-hybridized carbons (Fsp3) is 1.00. The van der Waals surface area contributed by atoms with Crippen molar-refractivity contribution in [2.75, 3.05) is 0 Å². The van der Waals surface area contributed by atoms with Crippen molar-refractivity contribution in [3.8, 4) is 0 Å². The van der Waals surface area contributed by atoms with Crippen molar-refractivity contribution in [1.29, 1.82) is 0 Å². The summed E-state index contributed by atoms with van der Waals surface area (Å²) in [4.78, 5) is 0. The van der Waals surface area contributed by atoms with Gasteiger partial charge in [0.05, 0.1) is 0 Å². The number of rotatable bonds is 3. The molecule has 0 aromatic rings. The number of halogens is 18. The molecular formula is C6F18LiP. The summed E-state index contributed by atoms with van der Waals surface area (Å²) in [5.74, 6) is 0. The van der Waals surface area contributed by atoms with Crippen LogP contribution in [0.4, 0.5) is 78.4 Å². The number of alkyl halides is 15. The first-order valence-electron chi connectivity index (χ1n) is 4.76. The normalized spacial score (nSPS) is 18.7. The zero-order valence-corrected chi connectivity index (χ0v) is 12.1. The van der Waals surface area contributed by atoms with E-state index in [0.717, 1.165) is 0 Å². The van der Waals surface area contributed by atoms with E-state index < -0.39 is 42.4 Å². The van der Waals surface area contributed by atoms with Crippen molar-refractivity contribution < 1.29 is 97.3 Å². The molecule has 0 spiro atoms. The Morgan fingerprint density at radius 2 is 0.462 bits per heavy atom. The fourth-order valence-corrected chi connectivity index (χ4v) is 4.02. The van der Waals surface area contributed by atoms with Crippen molar-refractivity contribution >= 4 is 6.88 Å². The Labute approximate surface area is 140 Å². The Kier molecular flexibility index (Phi) is 5.84. The van der Waals surface area contributed by atoms with E-state index in [1.54, 1.807) is 0 Å². The van der Waals surface area contributed by atoms with Gasteiger partial charge in [0.25, 0.3) is 0 Å². The monoisotopic (exact) mass is 452 g/mol. The SMILES string of the molecule is FC(F)(F)C(F)(F)[P-](F)(F)(F)(C(F)(F)C(F)(F)F)C(F)(F)C(F)(F)F.[Li+]. The molecule has 0 nitrogen and oxygen atoms in total. The van der Waals surface area contributed by atoms with Gasteiger partial charge in [0.2, 0.25) is 0 Å². The van der Waals surface area contributed by atoms with Gasteiger partial charge in [-0.1, -0.05) is 0 Å². The van der Waals surface area contributed by atoms with Crippen LogP contribution in [0.5, 0.6) is 0 Å². The topological polar surface area (TPSA) is 0 Å². The van der Waals surface area contributed by atoms with E-state index in [2.05, 4.69) is 0 Å². The predicted octanol–water partition coefficient (Wildman–Crippen LogP) is 4.20. The molecule has 0 unspecified atom stereocenters. The Morgan fingerprint density at radius 1 is 0.346 bits per heavy atom. The average molecular weight is 452 g/mol. The van der Waals surface area contributed by atoms with Gasteiger partial charge in [-0.25, -0.2) is 0 Å². The van der Waals surface area contributed by atoms with Gasteiger partial charge in [-0.2, -0.15) is 0 Å². The third-order valence-electron chi connectivity index (χ3n) is 2.82. The molecule has 0 aromatic heterocycles. The zero-order chi connectivity index (χ0) is 21.4. The van der Waals surface area contributed by atoms with E-state index >= 15 is 0 Å². The molecular weight excluding hydrogens is 452 g/mol. The predicted molar refractivity (Wildman–Crippen MR) is 43.2 cm³/mol. The largest absolute Gasteiger partial charge is 1.00 e. The summed E-state index contributed by atoms with van der Waals surface area (Å²) in [6.07, 6.45) is -26.1. The fourth-order valence-electron chi connectivity index (χ4n) is 1.34. The molecule has 0 atom stereocenters. The summed E-state index contributed by atoms with van der Waals surface area (Å²) in [5, 5.41) is 0. The van der Waals surface area contributed by atoms with Gasteiger partial charge >= 0.3 is 140 Å². The molecule has 0 aliphatic carbocycles. The zero-order valence-electron chi connectivity index (χ0n) is 11.3. The third-order valence-corrected chi connectivity index (χ3v) is 7.18. The third kappa shape index (κ3) is 2.39. The molecule has 0 N–H and O–H groups in total. The summed E-state index contributed by atoms with van der Waals surface area (Å²) in [5.41, 5.74) is -29.3. The minimum atomic E-state index is -15.0. The van der Waals surface area contributed by atoms with Gasteiger partial charge in [-0.15, -0.1) is 0 Å². The van der Waals surface area contributed by atoms with Crippen molar-refractivity contribution in [3.05, 3.63) is 0 Å². The average Bonchev–Trinajstić information content (AvgIpc) is 2.23. The van der Waals surface area contributed by atoms with Gasteiger partial charge in [0, 0.05) is 0 Å². The molecule has 0 rings (SSSR count). The first-order valence-corrected chi connectivity index (χ1v) is 7.12. The maximum absolute atomic E-state index is 15.0. The van der Waals surface area contributed by atoms with E-state index in [1.165, 1.54) is 0 Å². The summed E-state index contributed by atoms with van der Waals surface area (Å²) in [6, 6.07) is 0. The summed E-state index contributed by atoms with van der Waals surface area (Å²) < 4.78 is 222. The second kappa shape index (κ2) is 5.43. The van der Waals surface area contributed by atoms with Crippen molar-refractivity contribution in [3.63, 3.8) is 0 Å². The van der Waals surface area contributed by atoms with Gasteiger partial charge in [-0.3, -0.25) is 0 Å². The molecule has 0 bridgehead atoms. The van der Waals surface area contributed by atoms with Crippen LogP contribution in [-0.2, 0) is 0 Å². The summed E-state index contributed by atoms with van der Waals surface area (Å²) in [6.45, 7) is -15.0. The van der Waals surface area contributed by atoms with Crippen LogP contribution >= 0.6 is 6.88 Å². The Morgan fingerprint density at radius 3 is 0.538 bits per heavy atom. The van der Waals surface area contributed by atoms with E-state index in [-0.39, 0.29) is 18.9 Å². The van der Waals surface area contributed by atoms with Gasteiger partial charge in [-0.05, 0) is 0 Å². The van der Waals surface area contributed by atoms with Crippen LogP contribution < -0.4 is 18.9 Å². The Bertz CT molecular complexity index is 475. The van der Waals surface area contributed by atoms with Crippen molar-refractivity contribution in [2.24, 2.45) is 0 Å². The molecule has 0 saturated heterocycles. The van der Waals surface area contributed by atoms with Gasteiger partial charge in [0.1, 0.15) is 0 Å². The molecule has 156 valence electrons. The Balaban J connectivity index is 0. The van der Waals surface area contributed by atoms with Crippen LogP contribution in [0, 0.1) is 0 Å². The van der Waals surface area contributed by atoms with E-state index in [4.69, 9.17) is 0 Å². The summed E-state index contributed by atoms with van der Waals surface area (Å²) >= 11 is 0. The van der Waals surface area contributed by atoms with E-state index in [9.17, 15) is 78.4 Å². The standard InChI is InChI=1S/C6F18P.Li/c7-1(8,9)4(16,17)25(22,23,24,5(18,19)2(10,11)12)6(20,21)3(13,14)15;/q-1;+1. The van der Waals surface area contributed by atoms with E-state index in [1.807, 2.05) is 0 Å². The van der Waals surface area contributed by atoms with Crippen LogP contribution in [0.15, 0.2) is 0 Å². The van der Waals surface area contributed by atoms with Crippen LogP contribution in [0.1, 0.15) is 0 Å². The molecule has 0 amide bonds. The second-order valence-electron chi connectivity index (χ2n) is 4.40. The van der Waals surface area contributed by atoms with Gasteiger partial charge < -0.3 is 0 Å². The van der Waals surface area contributed by atoms with Gasteiger partial charge in [0.15, 0.2) is 0 Å². The minimum absolute atomic E-state index is 0. The number of hydrogen-bond donors (Lipinski definition) is 0. The molecule has 0 aliphatic rings. The van der Waals surface area contributed by atoms with Crippen molar-refractivity contribution in [1.82, 2.24) is 0 Å². The van der Waals surface area contributed by atoms with Crippen LogP contribution in [0.25, 0.3) is 0 Å².